The number of carbonyl (C=O) groups excluding carboxylic acids is 1. The van der Waals surface area contributed by atoms with Gasteiger partial charge in [-0.25, -0.2) is 0 Å². The first-order valence-corrected chi connectivity index (χ1v) is 7.42. The summed E-state index contributed by atoms with van der Waals surface area (Å²) in [5.74, 6) is 1.19. The average molecular weight is 238 g/mol. The van der Waals surface area contributed by atoms with Crippen LogP contribution in [-0.2, 0) is 9.53 Å². The highest BCUT2D eigenvalue weighted by Crippen LogP contribution is 2.41. The summed E-state index contributed by atoms with van der Waals surface area (Å²) < 4.78 is 6.04. The molecule has 0 aromatic carbocycles. The second-order valence-corrected chi connectivity index (χ2v) is 5.78. The monoisotopic (exact) mass is 238 g/mol. The van der Waals surface area contributed by atoms with Crippen LogP contribution in [0.15, 0.2) is 0 Å². The van der Waals surface area contributed by atoms with Gasteiger partial charge in [-0.2, -0.15) is 0 Å². The van der Waals surface area contributed by atoms with Crippen LogP contribution < -0.4 is 0 Å². The standard InChI is InChI=1S/C15H26O2/c1-3-4-9-13(16)15-11(2)17-14-10-7-5-6-8-12(14)15/h11-12,14-15H,3-10H2,1-2H3/t11-,12+,14-,15+/m1/s1. The predicted octanol–water partition coefficient (Wildman–Crippen LogP) is 3.73. The average Bonchev–Trinajstić information content (AvgIpc) is 2.49. The fourth-order valence-electron chi connectivity index (χ4n) is 3.61. The van der Waals surface area contributed by atoms with Crippen molar-refractivity contribution < 1.29 is 9.53 Å². The summed E-state index contributed by atoms with van der Waals surface area (Å²) in [6.45, 7) is 4.25. The topological polar surface area (TPSA) is 26.3 Å². The number of ether oxygens (including phenoxy) is 1. The Labute approximate surface area is 105 Å². The largest absolute Gasteiger partial charge is 0.374 e. The van der Waals surface area contributed by atoms with E-state index in [-0.39, 0.29) is 12.0 Å². The Balaban J connectivity index is 2.01. The first kappa shape index (κ1) is 13.1. The van der Waals surface area contributed by atoms with Gasteiger partial charge in [-0.1, -0.05) is 32.6 Å². The summed E-state index contributed by atoms with van der Waals surface area (Å²) in [5.41, 5.74) is 0. The number of ketones is 1. The Hall–Kier alpha value is -0.370. The van der Waals surface area contributed by atoms with Gasteiger partial charge in [0.25, 0.3) is 0 Å². The van der Waals surface area contributed by atoms with E-state index in [1.807, 2.05) is 0 Å². The van der Waals surface area contributed by atoms with Crippen LogP contribution in [0.3, 0.4) is 0 Å². The summed E-state index contributed by atoms with van der Waals surface area (Å²) in [7, 11) is 0. The van der Waals surface area contributed by atoms with E-state index in [2.05, 4.69) is 13.8 Å². The molecule has 2 nitrogen and oxygen atoms in total. The number of carbonyl (C=O) groups is 1. The Morgan fingerprint density at radius 1 is 1.24 bits per heavy atom. The lowest BCUT2D eigenvalue weighted by Gasteiger charge is -2.20. The zero-order chi connectivity index (χ0) is 12.3. The van der Waals surface area contributed by atoms with Crippen molar-refractivity contribution in [2.24, 2.45) is 11.8 Å². The first-order chi connectivity index (χ1) is 8.24. The summed E-state index contributed by atoms with van der Waals surface area (Å²) in [6.07, 6.45) is 9.72. The molecule has 0 amide bonds. The molecule has 0 radical (unpaired) electrons. The highest BCUT2D eigenvalue weighted by atomic mass is 16.5. The van der Waals surface area contributed by atoms with Crippen molar-refractivity contribution in [3.05, 3.63) is 0 Å². The molecule has 0 bridgehead atoms. The molecule has 2 aliphatic rings. The van der Waals surface area contributed by atoms with Crippen LogP contribution in [0, 0.1) is 11.8 Å². The Morgan fingerprint density at radius 3 is 2.76 bits per heavy atom. The maximum atomic E-state index is 12.3. The molecule has 2 fully saturated rings. The molecule has 1 aliphatic carbocycles. The highest BCUT2D eigenvalue weighted by molar-refractivity contribution is 5.82. The molecule has 4 atom stereocenters. The molecule has 0 aromatic rings. The summed E-state index contributed by atoms with van der Waals surface area (Å²) in [6, 6.07) is 0. The lowest BCUT2D eigenvalue weighted by molar-refractivity contribution is -0.125. The third-order valence-corrected chi connectivity index (χ3v) is 4.51. The minimum atomic E-state index is 0.160. The molecule has 2 heteroatoms. The molecule has 1 saturated heterocycles. The van der Waals surface area contributed by atoms with Crippen molar-refractivity contribution in [2.75, 3.05) is 0 Å². The van der Waals surface area contributed by atoms with Gasteiger partial charge in [0.15, 0.2) is 0 Å². The maximum absolute atomic E-state index is 12.3. The van der Waals surface area contributed by atoms with Gasteiger partial charge >= 0.3 is 0 Å². The number of rotatable bonds is 4. The van der Waals surface area contributed by atoms with E-state index in [9.17, 15) is 4.79 Å². The normalized spacial score (nSPS) is 37.5. The van der Waals surface area contributed by atoms with Gasteiger partial charge in [0.2, 0.25) is 0 Å². The van der Waals surface area contributed by atoms with Crippen LogP contribution in [0.25, 0.3) is 0 Å². The smallest absolute Gasteiger partial charge is 0.138 e. The van der Waals surface area contributed by atoms with Crippen LogP contribution in [0.1, 0.15) is 65.2 Å². The second kappa shape index (κ2) is 5.99. The zero-order valence-electron chi connectivity index (χ0n) is 11.3. The quantitative estimate of drug-likeness (QED) is 0.746. The Bertz CT molecular complexity index is 262. The van der Waals surface area contributed by atoms with Crippen molar-refractivity contribution in [1.29, 1.82) is 0 Å². The van der Waals surface area contributed by atoms with E-state index >= 15 is 0 Å². The van der Waals surface area contributed by atoms with Crippen LogP contribution in [0.2, 0.25) is 0 Å². The second-order valence-electron chi connectivity index (χ2n) is 5.78. The van der Waals surface area contributed by atoms with Gasteiger partial charge in [0.1, 0.15) is 5.78 Å². The van der Waals surface area contributed by atoms with Crippen molar-refractivity contribution in [1.82, 2.24) is 0 Å². The molecule has 0 N–H and O–H groups in total. The van der Waals surface area contributed by atoms with E-state index in [1.54, 1.807) is 0 Å². The molecule has 1 saturated carbocycles. The van der Waals surface area contributed by atoms with Crippen molar-refractivity contribution >= 4 is 5.78 Å². The Morgan fingerprint density at radius 2 is 2.00 bits per heavy atom. The molecule has 17 heavy (non-hydrogen) atoms. The minimum absolute atomic E-state index is 0.160. The lowest BCUT2D eigenvalue weighted by Crippen LogP contribution is -2.28. The van der Waals surface area contributed by atoms with Crippen molar-refractivity contribution in [3.63, 3.8) is 0 Å². The van der Waals surface area contributed by atoms with Gasteiger partial charge in [0, 0.05) is 12.3 Å². The fourth-order valence-corrected chi connectivity index (χ4v) is 3.61. The van der Waals surface area contributed by atoms with Crippen molar-refractivity contribution in [3.8, 4) is 0 Å². The molecule has 0 spiro atoms. The molecule has 1 heterocycles. The van der Waals surface area contributed by atoms with E-state index in [0.29, 0.717) is 17.8 Å². The van der Waals surface area contributed by atoms with Gasteiger partial charge in [-0.15, -0.1) is 0 Å². The summed E-state index contributed by atoms with van der Waals surface area (Å²) in [4.78, 5) is 12.3. The van der Waals surface area contributed by atoms with Gasteiger partial charge in [-0.05, 0) is 32.1 Å². The van der Waals surface area contributed by atoms with Crippen LogP contribution in [0.5, 0.6) is 0 Å². The SMILES string of the molecule is CCCCC(=O)[C@@H]1[C@H]2CCCCC[C@H]2O[C@@H]1C. The Kier molecular flexibility index (Phi) is 4.61. The predicted molar refractivity (Wildman–Crippen MR) is 68.9 cm³/mol. The van der Waals surface area contributed by atoms with E-state index < -0.39 is 0 Å². The molecule has 0 aromatic heterocycles. The number of fused-ring (bicyclic) bond motifs is 1. The molecule has 1 aliphatic heterocycles. The number of hydrogen-bond donors (Lipinski definition) is 0. The van der Waals surface area contributed by atoms with Crippen molar-refractivity contribution in [2.45, 2.75) is 77.4 Å². The fraction of sp³-hybridized carbons (Fsp3) is 0.933. The van der Waals surface area contributed by atoms with E-state index in [4.69, 9.17) is 4.74 Å². The molecule has 0 unspecified atom stereocenters. The third kappa shape index (κ3) is 2.90. The van der Waals surface area contributed by atoms with Gasteiger partial charge in [0.05, 0.1) is 12.2 Å². The van der Waals surface area contributed by atoms with E-state index in [1.165, 1.54) is 32.1 Å². The van der Waals surface area contributed by atoms with Crippen LogP contribution in [-0.4, -0.2) is 18.0 Å². The molecule has 98 valence electrons. The third-order valence-electron chi connectivity index (χ3n) is 4.51. The molecule has 2 rings (SSSR count). The zero-order valence-corrected chi connectivity index (χ0v) is 11.3. The lowest BCUT2D eigenvalue weighted by atomic mass is 9.80. The minimum Gasteiger partial charge on any atom is -0.374 e. The maximum Gasteiger partial charge on any atom is 0.138 e. The van der Waals surface area contributed by atoms with Crippen LogP contribution in [0.4, 0.5) is 0 Å². The summed E-state index contributed by atoms with van der Waals surface area (Å²) in [5, 5.41) is 0. The van der Waals surface area contributed by atoms with Gasteiger partial charge in [-0.3, -0.25) is 4.79 Å². The molecular weight excluding hydrogens is 212 g/mol. The summed E-state index contributed by atoms with van der Waals surface area (Å²) >= 11 is 0. The highest BCUT2D eigenvalue weighted by Gasteiger charge is 2.45. The van der Waals surface area contributed by atoms with Crippen LogP contribution >= 0.6 is 0 Å². The number of unbranched alkanes of at least 4 members (excludes halogenated alkanes) is 1. The number of Topliss-reactive ketones (excluding diaryl/α,β-unsaturated/α-hetero) is 1. The number of hydrogen-bond acceptors (Lipinski definition) is 2. The first-order valence-electron chi connectivity index (χ1n) is 7.42. The van der Waals surface area contributed by atoms with E-state index in [0.717, 1.165) is 19.3 Å². The molecular formula is C15H26O2. The van der Waals surface area contributed by atoms with Gasteiger partial charge < -0.3 is 4.74 Å².